The van der Waals surface area contributed by atoms with Crippen molar-refractivity contribution in [1.29, 1.82) is 0 Å². The molecule has 0 N–H and O–H groups in total. The maximum Gasteiger partial charge on any atom is 0.249 e. The molecular weight excluding hydrogens is 213 g/mol. The predicted octanol–water partition coefficient (Wildman–Crippen LogP) is 2.04. The van der Waals surface area contributed by atoms with Crippen molar-refractivity contribution in [3.05, 3.63) is 0 Å². The highest BCUT2D eigenvalue weighted by atomic mass is 127. The first-order chi connectivity index (χ1) is 3.18. The molecule has 0 amide bonds. The third-order valence-corrected chi connectivity index (χ3v) is 2.52. The smallest absolute Gasteiger partial charge is 0.209 e. The molecule has 0 bridgehead atoms. The Kier molecular flexibility index (Phi) is 3.69. The summed E-state index contributed by atoms with van der Waals surface area (Å²) < 4.78 is 25.8. The number of halogens is 3. The van der Waals surface area contributed by atoms with Crippen LogP contribution >= 0.6 is 20.7 Å². The Bertz CT molecular complexity index is 62.7. The molecule has 0 rings (SSSR count). The highest BCUT2D eigenvalue weighted by Crippen LogP contribution is 2.13. The third kappa shape index (κ3) is 3.08. The van der Waals surface area contributed by atoms with Crippen molar-refractivity contribution in [1.82, 2.24) is 0 Å². The van der Waals surface area contributed by atoms with E-state index >= 15 is 0 Å². The van der Waals surface area contributed by atoms with Crippen LogP contribution in [-0.2, 0) is 0 Å². The standard InChI is InChI=1S/C4H7F2I/c1-3(7-2)4(5)6/h3-4H,2H2,1H3. The molecule has 0 spiro atoms. The summed E-state index contributed by atoms with van der Waals surface area (Å²) in [6.07, 6.45) is -2.15. The minimum Gasteiger partial charge on any atom is -0.209 e. The van der Waals surface area contributed by atoms with Gasteiger partial charge in [0, 0.05) is 0 Å². The van der Waals surface area contributed by atoms with Crippen LogP contribution in [0.15, 0.2) is 0 Å². The van der Waals surface area contributed by atoms with Gasteiger partial charge in [0.2, 0.25) is 6.43 Å². The van der Waals surface area contributed by atoms with Crippen LogP contribution in [-0.4, -0.2) is 14.9 Å². The summed E-state index contributed by atoms with van der Waals surface area (Å²) in [5, 5.41) is 0. The maximum atomic E-state index is 11.4. The molecule has 0 aliphatic rings. The highest BCUT2D eigenvalue weighted by Gasteiger charge is 2.08. The van der Waals surface area contributed by atoms with E-state index in [9.17, 15) is 8.78 Å². The fourth-order valence-electron chi connectivity index (χ4n) is 0.0673. The number of alkyl halides is 3. The van der Waals surface area contributed by atoms with Gasteiger partial charge in [-0.1, -0.05) is 4.51 Å². The number of rotatable bonds is 2. The van der Waals surface area contributed by atoms with E-state index in [0.29, 0.717) is 0 Å². The van der Waals surface area contributed by atoms with E-state index in [0.717, 1.165) is 0 Å². The van der Waals surface area contributed by atoms with Gasteiger partial charge < -0.3 is 0 Å². The summed E-state index contributed by atoms with van der Waals surface area (Å²) in [5.74, 6) is 0. The van der Waals surface area contributed by atoms with E-state index < -0.39 is 31.1 Å². The lowest BCUT2D eigenvalue weighted by molar-refractivity contribution is 0.155. The maximum absolute atomic E-state index is 11.4. The highest BCUT2D eigenvalue weighted by molar-refractivity contribution is 14.2. The van der Waals surface area contributed by atoms with Crippen molar-refractivity contribution in [2.75, 3.05) is 0 Å². The second-order valence-electron chi connectivity index (χ2n) is 1.17. The van der Waals surface area contributed by atoms with Gasteiger partial charge in [0.15, 0.2) is 0 Å². The lowest BCUT2D eigenvalue weighted by Gasteiger charge is -1.98. The van der Waals surface area contributed by atoms with Crippen LogP contribution in [0.25, 0.3) is 0 Å². The average molecular weight is 220 g/mol. The predicted molar refractivity (Wildman–Crippen MR) is 36.6 cm³/mol. The van der Waals surface area contributed by atoms with Gasteiger partial charge in [0.25, 0.3) is 0 Å². The molecule has 0 aliphatic heterocycles. The largest absolute Gasteiger partial charge is 0.249 e. The van der Waals surface area contributed by atoms with E-state index in [1.54, 1.807) is 0 Å². The van der Waals surface area contributed by atoms with Crippen LogP contribution in [0.4, 0.5) is 8.78 Å². The summed E-state index contributed by atoms with van der Waals surface area (Å²) in [5.41, 5.74) is 0. The molecule has 0 fully saturated rings. The molecule has 0 aromatic heterocycles. The van der Waals surface area contributed by atoms with Crippen molar-refractivity contribution < 1.29 is 8.78 Å². The van der Waals surface area contributed by atoms with E-state index in [1.807, 2.05) is 0 Å². The molecule has 0 aromatic rings. The van der Waals surface area contributed by atoms with E-state index in [1.165, 1.54) is 6.92 Å². The first kappa shape index (κ1) is 7.46. The Hall–Kier alpha value is 0.460. The molecule has 7 heavy (non-hydrogen) atoms. The zero-order valence-electron chi connectivity index (χ0n) is 4.00. The molecule has 1 atom stereocenters. The summed E-state index contributed by atoms with van der Waals surface area (Å²) in [6, 6.07) is 0. The molecular formula is C4H7F2I. The lowest BCUT2D eigenvalue weighted by Crippen LogP contribution is -2.03. The topological polar surface area (TPSA) is 0 Å². The van der Waals surface area contributed by atoms with Crippen molar-refractivity contribution in [3.8, 4) is 0 Å². The average Bonchev–Trinajstić information content (AvgIpc) is 1.65. The Morgan fingerprint density at radius 1 is 1.57 bits per heavy atom. The van der Waals surface area contributed by atoms with Crippen LogP contribution < -0.4 is 0 Å². The van der Waals surface area contributed by atoms with Gasteiger partial charge in [-0.15, -0.1) is 20.7 Å². The Balaban J connectivity index is 3.33. The van der Waals surface area contributed by atoms with Crippen molar-refractivity contribution in [2.45, 2.75) is 17.3 Å². The van der Waals surface area contributed by atoms with Crippen molar-refractivity contribution in [3.63, 3.8) is 0 Å². The zero-order valence-corrected chi connectivity index (χ0v) is 6.15. The fraction of sp³-hybridized carbons (Fsp3) is 0.750. The molecule has 0 aliphatic carbocycles. The zero-order chi connectivity index (χ0) is 5.86. The second-order valence-corrected chi connectivity index (χ2v) is 4.01. The molecule has 0 aromatic carbocycles. The normalized spacial score (nSPS) is 14.9. The SMILES string of the molecule is C=IC(C)C(F)F. The molecule has 1 unspecified atom stereocenters. The van der Waals surface area contributed by atoms with Crippen LogP contribution in [0, 0.1) is 0 Å². The monoisotopic (exact) mass is 220 g/mol. The first-order valence-corrected chi connectivity index (χ1v) is 4.60. The molecule has 0 heterocycles. The van der Waals surface area contributed by atoms with Gasteiger partial charge in [0.05, 0.1) is 3.92 Å². The van der Waals surface area contributed by atoms with Crippen molar-refractivity contribution in [2.24, 2.45) is 0 Å². The minimum atomic E-state index is -2.15. The van der Waals surface area contributed by atoms with E-state index in [-0.39, 0.29) is 0 Å². The van der Waals surface area contributed by atoms with Gasteiger partial charge in [-0.2, -0.15) is 0 Å². The van der Waals surface area contributed by atoms with Gasteiger partial charge in [0.1, 0.15) is 0 Å². The summed E-state index contributed by atoms with van der Waals surface area (Å²) in [6.45, 7) is 1.53. The molecule has 44 valence electrons. The minimum absolute atomic E-state index is 0.432. The Morgan fingerprint density at radius 2 is 2.00 bits per heavy atom. The number of hydrogen-bond acceptors (Lipinski definition) is 0. The van der Waals surface area contributed by atoms with Crippen molar-refractivity contribution >= 4 is 25.2 Å². The third-order valence-electron chi connectivity index (χ3n) is 0.591. The Labute approximate surface area is 51.7 Å². The summed E-state index contributed by atoms with van der Waals surface area (Å²) in [4.78, 5) is 0. The van der Waals surface area contributed by atoms with Crippen LogP contribution in [0.1, 0.15) is 6.92 Å². The molecule has 0 saturated carbocycles. The van der Waals surface area contributed by atoms with Gasteiger partial charge in [-0.3, -0.25) is 0 Å². The number of hydrogen-bond donors (Lipinski definition) is 0. The summed E-state index contributed by atoms with van der Waals surface area (Å²) >= 11 is -0.496. The van der Waals surface area contributed by atoms with Gasteiger partial charge in [-0.05, 0) is 6.92 Å². The van der Waals surface area contributed by atoms with Gasteiger partial charge >= 0.3 is 0 Å². The molecule has 0 nitrogen and oxygen atoms in total. The summed E-state index contributed by atoms with van der Waals surface area (Å²) in [7, 11) is 0. The fourth-order valence-corrected chi connectivity index (χ4v) is 0.452. The van der Waals surface area contributed by atoms with Gasteiger partial charge in [-0.25, -0.2) is 8.78 Å². The van der Waals surface area contributed by atoms with Crippen LogP contribution in [0.3, 0.4) is 0 Å². The molecule has 0 saturated heterocycles. The van der Waals surface area contributed by atoms with E-state index in [4.69, 9.17) is 0 Å². The Morgan fingerprint density at radius 3 is 2.00 bits per heavy atom. The quantitative estimate of drug-likeness (QED) is 0.493. The van der Waals surface area contributed by atoms with Crippen LogP contribution in [0.2, 0.25) is 0 Å². The molecule has 3 heteroatoms. The van der Waals surface area contributed by atoms with Crippen LogP contribution in [0.5, 0.6) is 0 Å². The second kappa shape index (κ2) is 3.46. The first-order valence-electron chi connectivity index (χ1n) is 1.83. The molecule has 0 radical (unpaired) electrons. The van der Waals surface area contributed by atoms with E-state index in [2.05, 4.69) is 4.51 Å². The lowest BCUT2D eigenvalue weighted by atomic mass is 10.5.